The van der Waals surface area contributed by atoms with Gasteiger partial charge < -0.3 is 20.5 Å². The van der Waals surface area contributed by atoms with E-state index in [0.29, 0.717) is 17.0 Å². The maximum Gasteiger partial charge on any atom is 0.405 e. The molecular formula is C17H17N5O4. The zero-order valence-electron chi connectivity index (χ0n) is 14.2. The second-order valence-electron chi connectivity index (χ2n) is 5.27. The van der Waals surface area contributed by atoms with Crippen LogP contribution in [0.4, 0.5) is 10.5 Å². The molecule has 1 aromatic heterocycles. The number of nitrogens with one attached hydrogen (secondary N) is 1. The van der Waals surface area contributed by atoms with Gasteiger partial charge in [0.05, 0.1) is 29.7 Å². The average Bonchev–Trinajstić information content (AvgIpc) is 2.62. The molecule has 2 rings (SSSR count). The van der Waals surface area contributed by atoms with Crippen molar-refractivity contribution in [3.05, 3.63) is 41.7 Å². The predicted molar refractivity (Wildman–Crippen MR) is 91.4 cm³/mol. The summed E-state index contributed by atoms with van der Waals surface area (Å²) in [6.07, 6.45) is 0.968. The molecular weight excluding hydrogens is 338 g/mol. The van der Waals surface area contributed by atoms with E-state index in [4.69, 9.17) is 20.5 Å². The van der Waals surface area contributed by atoms with Crippen LogP contribution < -0.4 is 15.8 Å². The highest BCUT2D eigenvalue weighted by atomic mass is 16.6. The van der Waals surface area contributed by atoms with Gasteiger partial charge in [0.2, 0.25) is 0 Å². The van der Waals surface area contributed by atoms with Crippen molar-refractivity contribution in [2.75, 3.05) is 5.32 Å². The summed E-state index contributed by atoms with van der Waals surface area (Å²) in [5.41, 5.74) is 6.52. The summed E-state index contributed by atoms with van der Waals surface area (Å²) in [4.78, 5) is 30.8. The molecule has 2 aromatic rings. The van der Waals surface area contributed by atoms with Crippen molar-refractivity contribution >= 4 is 17.7 Å². The molecule has 0 bridgehead atoms. The van der Waals surface area contributed by atoms with Crippen LogP contribution in [0.1, 0.15) is 24.5 Å². The number of hydrogen-bond donors (Lipinski definition) is 2. The molecule has 9 nitrogen and oxygen atoms in total. The molecule has 0 fully saturated rings. The zero-order valence-corrected chi connectivity index (χ0v) is 14.2. The number of nitriles is 1. The maximum atomic E-state index is 12.0. The third-order valence-corrected chi connectivity index (χ3v) is 3.32. The summed E-state index contributed by atoms with van der Waals surface area (Å²) in [5, 5.41) is 11.4. The van der Waals surface area contributed by atoms with Crippen LogP contribution in [0.15, 0.2) is 30.6 Å². The molecule has 0 aliphatic rings. The lowest BCUT2D eigenvalue weighted by molar-refractivity contribution is -0.124. The van der Waals surface area contributed by atoms with Crippen LogP contribution in [0.5, 0.6) is 11.8 Å². The number of ether oxygens (including phenoxy) is 2. The quantitative estimate of drug-likeness (QED) is 0.809. The van der Waals surface area contributed by atoms with E-state index < -0.39 is 18.1 Å². The van der Waals surface area contributed by atoms with Gasteiger partial charge >= 0.3 is 12.1 Å². The van der Waals surface area contributed by atoms with Gasteiger partial charge in [0.25, 0.3) is 5.91 Å². The summed E-state index contributed by atoms with van der Waals surface area (Å²) in [6.45, 7) is 3.48. The highest BCUT2D eigenvalue weighted by molar-refractivity contribution is 5.94. The molecule has 1 heterocycles. The smallest absolute Gasteiger partial charge is 0.405 e. The van der Waals surface area contributed by atoms with Crippen molar-refractivity contribution in [1.82, 2.24) is 9.97 Å². The molecule has 0 unspecified atom stereocenters. The lowest BCUT2D eigenvalue weighted by atomic mass is 10.1. The summed E-state index contributed by atoms with van der Waals surface area (Å²) < 4.78 is 10.3. The SMILES string of the molecule is CC[C@@H](OC(N)=O)C(=O)Nc1cnc(Oc2ccc(C#N)cc2C)nc1. The Bertz CT molecular complexity index is 845. The van der Waals surface area contributed by atoms with Crippen LogP contribution >= 0.6 is 0 Å². The Kier molecular flexibility index (Phi) is 6.06. The summed E-state index contributed by atoms with van der Waals surface area (Å²) in [6, 6.07) is 7.09. The normalized spacial score (nSPS) is 11.1. The number of nitrogens with two attached hydrogens (primary N) is 1. The number of primary amides is 1. The van der Waals surface area contributed by atoms with Crippen molar-refractivity contribution in [1.29, 1.82) is 5.26 Å². The Morgan fingerprint density at radius 2 is 2.04 bits per heavy atom. The van der Waals surface area contributed by atoms with E-state index in [9.17, 15) is 9.59 Å². The summed E-state index contributed by atoms with van der Waals surface area (Å²) in [7, 11) is 0. The van der Waals surface area contributed by atoms with E-state index in [0.717, 1.165) is 5.56 Å². The van der Waals surface area contributed by atoms with Gasteiger partial charge in [-0.15, -0.1) is 0 Å². The molecule has 134 valence electrons. The van der Waals surface area contributed by atoms with Gasteiger partial charge in [0.1, 0.15) is 5.75 Å². The van der Waals surface area contributed by atoms with Gasteiger partial charge in [-0.05, 0) is 37.1 Å². The molecule has 0 aliphatic carbocycles. The Labute approximate surface area is 149 Å². The van der Waals surface area contributed by atoms with Crippen LogP contribution in [0.25, 0.3) is 0 Å². The minimum absolute atomic E-state index is 0.0798. The van der Waals surface area contributed by atoms with E-state index in [2.05, 4.69) is 15.3 Å². The number of nitrogens with zero attached hydrogens (tertiary/aromatic N) is 3. The molecule has 0 saturated carbocycles. The van der Waals surface area contributed by atoms with Crippen LogP contribution in [-0.2, 0) is 9.53 Å². The fourth-order valence-electron chi connectivity index (χ4n) is 2.05. The molecule has 26 heavy (non-hydrogen) atoms. The molecule has 1 aromatic carbocycles. The number of anilines is 1. The number of benzene rings is 1. The van der Waals surface area contributed by atoms with E-state index in [1.165, 1.54) is 12.4 Å². The van der Waals surface area contributed by atoms with Crippen molar-refractivity contribution in [2.24, 2.45) is 5.73 Å². The minimum Gasteiger partial charge on any atom is -0.436 e. The summed E-state index contributed by atoms with van der Waals surface area (Å²) in [5.74, 6) is -0.0202. The number of aryl methyl sites for hydroxylation is 1. The standard InChI is InChI=1S/C17H17N5O4/c1-3-13(25-16(19)24)15(23)22-12-8-20-17(21-9-12)26-14-5-4-11(7-18)6-10(14)2/h4-6,8-9,13H,3H2,1-2H3,(H2,19,24)(H,22,23)/t13-/m1/s1. The lowest BCUT2D eigenvalue weighted by Gasteiger charge is -2.14. The Balaban J connectivity index is 2.03. The lowest BCUT2D eigenvalue weighted by Crippen LogP contribution is -2.33. The Morgan fingerprint density at radius 1 is 1.35 bits per heavy atom. The van der Waals surface area contributed by atoms with Gasteiger partial charge in [-0.25, -0.2) is 14.8 Å². The first kappa shape index (κ1) is 18.7. The third-order valence-electron chi connectivity index (χ3n) is 3.32. The van der Waals surface area contributed by atoms with Crippen molar-refractivity contribution in [3.8, 4) is 17.8 Å². The fraction of sp³-hybridized carbons (Fsp3) is 0.235. The topological polar surface area (TPSA) is 140 Å². The van der Waals surface area contributed by atoms with Crippen LogP contribution in [-0.4, -0.2) is 28.1 Å². The Hall–Kier alpha value is -3.67. The van der Waals surface area contributed by atoms with Crippen molar-refractivity contribution in [3.63, 3.8) is 0 Å². The van der Waals surface area contributed by atoms with Gasteiger partial charge in [-0.3, -0.25) is 4.79 Å². The molecule has 3 N–H and O–H groups in total. The largest absolute Gasteiger partial charge is 0.436 e. The van der Waals surface area contributed by atoms with Gasteiger partial charge in [-0.2, -0.15) is 5.26 Å². The first-order chi connectivity index (χ1) is 12.4. The fourth-order valence-corrected chi connectivity index (χ4v) is 2.05. The first-order valence-corrected chi connectivity index (χ1v) is 7.70. The zero-order chi connectivity index (χ0) is 19.1. The maximum absolute atomic E-state index is 12.0. The predicted octanol–water partition coefficient (Wildman–Crippen LogP) is 2.26. The van der Waals surface area contributed by atoms with Crippen LogP contribution in [0, 0.1) is 18.3 Å². The number of carbonyl (C=O) groups excluding carboxylic acids is 2. The van der Waals surface area contributed by atoms with E-state index >= 15 is 0 Å². The molecule has 1 atom stereocenters. The van der Waals surface area contributed by atoms with Crippen LogP contribution in [0.3, 0.4) is 0 Å². The Morgan fingerprint density at radius 3 is 2.58 bits per heavy atom. The number of rotatable bonds is 6. The van der Waals surface area contributed by atoms with Crippen molar-refractivity contribution < 1.29 is 19.1 Å². The van der Waals surface area contributed by atoms with E-state index in [-0.39, 0.29) is 12.4 Å². The molecule has 0 aliphatic heterocycles. The second kappa shape index (κ2) is 8.43. The highest BCUT2D eigenvalue weighted by Crippen LogP contribution is 2.23. The van der Waals surface area contributed by atoms with E-state index in [1.54, 1.807) is 32.0 Å². The first-order valence-electron chi connectivity index (χ1n) is 7.70. The highest BCUT2D eigenvalue weighted by Gasteiger charge is 2.20. The van der Waals surface area contributed by atoms with Gasteiger partial charge in [0.15, 0.2) is 6.10 Å². The average molecular weight is 355 g/mol. The number of amides is 2. The number of hydrogen-bond acceptors (Lipinski definition) is 7. The molecule has 0 spiro atoms. The third kappa shape index (κ3) is 4.91. The monoisotopic (exact) mass is 355 g/mol. The number of aromatic nitrogens is 2. The van der Waals surface area contributed by atoms with Crippen LogP contribution in [0.2, 0.25) is 0 Å². The minimum atomic E-state index is -1.02. The van der Waals surface area contributed by atoms with Crippen molar-refractivity contribution in [2.45, 2.75) is 26.4 Å². The molecule has 2 amide bonds. The van der Waals surface area contributed by atoms with E-state index in [1.807, 2.05) is 6.07 Å². The molecule has 0 radical (unpaired) electrons. The molecule has 9 heteroatoms. The molecule has 0 saturated heterocycles. The number of carbonyl (C=O) groups is 2. The van der Waals surface area contributed by atoms with Gasteiger partial charge in [0, 0.05) is 0 Å². The van der Waals surface area contributed by atoms with Gasteiger partial charge in [-0.1, -0.05) is 6.92 Å². The second-order valence-corrected chi connectivity index (χ2v) is 5.27. The summed E-state index contributed by atoms with van der Waals surface area (Å²) >= 11 is 0.